The minimum Gasteiger partial charge on any atom is -0.314 e. The van der Waals surface area contributed by atoms with Crippen molar-refractivity contribution in [3.05, 3.63) is 35.9 Å². The maximum Gasteiger partial charge on any atom is 0.236 e. The lowest BCUT2D eigenvalue weighted by Gasteiger charge is -2.42. The highest BCUT2D eigenvalue weighted by atomic mass is 16.2. The van der Waals surface area contributed by atoms with Crippen molar-refractivity contribution in [1.29, 1.82) is 0 Å². The fourth-order valence-electron chi connectivity index (χ4n) is 5.05. The van der Waals surface area contributed by atoms with Gasteiger partial charge in [-0.25, -0.2) is 10.0 Å². The molecule has 4 fully saturated rings. The van der Waals surface area contributed by atoms with E-state index in [0.29, 0.717) is 11.8 Å². The van der Waals surface area contributed by atoms with Crippen molar-refractivity contribution in [2.45, 2.75) is 45.1 Å². The smallest absolute Gasteiger partial charge is 0.236 e. The maximum absolute atomic E-state index is 11.9. The third-order valence-electron chi connectivity index (χ3n) is 6.97. The summed E-state index contributed by atoms with van der Waals surface area (Å²) in [5, 5.41) is 11.7. The van der Waals surface area contributed by atoms with Crippen LogP contribution in [0.4, 0.5) is 0 Å². The van der Waals surface area contributed by atoms with Crippen molar-refractivity contribution in [3.8, 4) is 0 Å². The van der Waals surface area contributed by atoms with Gasteiger partial charge in [-0.1, -0.05) is 30.3 Å². The molecule has 33 heavy (non-hydrogen) atoms. The SMILES string of the molecule is O=C1CCCCN1N1CCN(Cc2ccccc2)CC1.O=C1CCCCN1N1CCNCC1. The summed E-state index contributed by atoms with van der Waals surface area (Å²) < 4.78 is 0. The fourth-order valence-corrected chi connectivity index (χ4v) is 5.05. The lowest BCUT2D eigenvalue weighted by atomic mass is 10.1. The van der Waals surface area contributed by atoms with Gasteiger partial charge in [0.15, 0.2) is 0 Å². The third kappa shape index (κ3) is 6.99. The number of carbonyl (C=O) groups excluding carboxylic acids is 2. The van der Waals surface area contributed by atoms with Crippen LogP contribution in [0.25, 0.3) is 0 Å². The van der Waals surface area contributed by atoms with E-state index in [4.69, 9.17) is 0 Å². The Hall–Kier alpha value is -2.00. The van der Waals surface area contributed by atoms with E-state index in [-0.39, 0.29) is 0 Å². The van der Waals surface area contributed by atoms with Crippen LogP contribution in [0.15, 0.2) is 30.3 Å². The van der Waals surface area contributed by atoms with E-state index in [2.05, 4.69) is 50.6 Å². The number of rotatable bonds is 4. The van der Waals surface area contributed by atoms with Crippen LogP contribution in [-0.2, 0) is 16.1 Å². The number of carbonyl (C=O) groups is 2. The Morgan fingerprint density at radius 3 is 1.73 bits per heavy atom. The Morgan fingerprint density at radius 2 is 1.18 bits per heavy atom. The highest BCUT2D eigenvalue weighted by molar-refractivity contribution is 5.76. The van der Waals surface area contributed by atoms with Crippen molar-refractivity contribution >= 4 is 11.8 Å². The third-order valence-corrected chi connectivity index (χ3v) is 6.97. The minimum absolute atomic E-state index is 0.313. The summed E-state index contributed by atoms with van der Waals surface area (Å²) in [5.41, 5.74) is 1.37. The maximum atomic E-state index is 11.9. The molecular weight excluding hydrogens is 416 g/mol. The molecule has 1 N–H and O–H groups in total. The van der Waals surface area contributed by atoms with E-state index in [1.54, 1.807) is 0 Å². The summed E-state index contributed by atoms with van der Waals surface area (Å²) in [7, 11) is 0. The Morgan fingerprint density at radius 1 is 0.636 bits per heavy atom. The Bertz CT molecular complexity index is 747. The van der Waals surface area contributed by atoms with Gasteiger partial charge < -0.3 is 5.32 Å². The minimum atomic E-state index is 0.313. The molecule has 182 valence electrons. The van der Waals surface area contributed by atoms with Crippen LogP contribution in [0.5, 0.6) is 0 Å². The number of amides is 2. The number of nitrogens with zero attached hydrogens (tertiary/aromatic N) is 5. The molecule has 8 nitrogen and oxygen atoms in total. The van der Waals surface area contributed by atoms with Gasteiger partial charge in [-0.3, -0.25) is 24.5 Å². The van der Waals surface area contributed by atoms with Gasteiger partial charge in [0.2, 0.25) is 11.8 Å². The second-order valence-electron chi connectivity index (χ2n) is 9.37. The predicted molar refractivity (Wildman–Crippen MR) is 129 cm³/mol. The Kier molecular flexibility index (Phi) is 9.11. The van der Waals surface area contributed by atoms with Gasteiger partial charge in [0.1, 0.15) is 0 Å². The lowest BCUT2D eigenvalue weighted by molar-refractivity contribution is -0.156. The van der Waals surface area contributed by atoms with E-state index in [0.717, 1.165) is 111 Å². The van der Waals surface area contributed by atoms with Crippen molar-refractivity contribution in [2.24, 2.45) is 0 Å². The average Bonchev–Trinajstić information content (AvgIpc) is 2.87. The number of piperazine rings is 2. The molecule has 4 aliphatic rings. The molecule has 1 aromatic carbocycles. The van der Waals surface area contributed by atoms with E-state index in [9.17, 15) is 9.59 Å². The summed E-state index contributed by atoms with van der Waals surface area (Å²) in [6.07, 6.45) is 5.91. The molecule has 5 rings (SSSR count). The molecule has 8 heteroatoms. The van der Waals surface area contributed by atoms with Crippen molar-refractivity contribution in [1.82, 2.24) is 30.3 Å². The van der Waals surface area contributed by atoms with Crippen LogP contribution < -0.4 is 5.32 Å². The number of hydrogen-bond acceptors (Lipinski definition) is 6. The first-order valence-electron chi connectivity index (χ1n) is 12.8. The molecule has 0 bridgehead atoms. The van der Waals surface area contributed by atoms with Gasteiger partial charge in [0, 0.05) is 84.8 Å². The molecule has 0 saturated carbocycles. The lowest BCUT2D eigenvalue weighted by Crippen LogP contribution is -2.56. The van der Waals surface area contributed by atoms with Crippen LogP contribution in [0.2, 0.25) is 0 Å². The zero-order chi connectivity index (χ0) is 22.9. The van der Waals surface area contributed by atoms with Gasteiger partial charge >= 0.3 is 0 Å². The van der Waals surface area contributed by atoms with Gasteiger partial charge in [0.05, 0.1) is 0 Å². The highest BCUT2D eigenvalue weighted by Crippen LogP contribution is 2.16. The number of hydrogen-bond donors (Lipinski definition) is 1. The van der Waals surface area contributed by atoms with Crippen LogP contribution in [0, 0.1) is 0 Å². The summed E-state index contributed by atoms with van der Waals surface area (Å²) in [6.45, 7) is 10.8. The van der Waals surface area contributed by atoms with Crippen molar-refractivity contribution in [3.63, 3.8) is 0 Å². The molecule has 4 aliphatic heterocycles. The largest absolute Gasteiger partial charge is 0.314 e. The van der Waals surface area contributed by atoms with Gasteiger partial charge in [-0.05, 0) is 31.2 Å². The van der Waals surface area contributed by atoms with Crippen LogP contribution in [0.1, 0.15) is 44.1 Å². The van der Waals surface area contributed by atoms with Crippen molar-refractivity contribution in [2.75, 3.05) is 65.4 Å². The van der Waals surface area contributed by atoms with Gasteiger partial charge in [-0.2, -0.15) is 0 Å². The summed E-state index contributed by atoms with van der Waals surface area (Å²) >= 11 is 0. The molecule has 2 amide bonds. The molecule has 0 atom stereocenters. The zero-order valence-corrected chi connectivity index (χ0v) is 20.0. The molecule has 0 radical (unpaired) electrons. The second-order valence-corrected chi connectivity index (χ2v) is 9.37. The highest BCUT2D eigenvalue weighted by Gasteiger charge is 2.27. The predicted octanol–water partition coefficient (Wildman–Crippen LogP) is 1.55. The first-order chi connectivity index (χ1) is 16.2. The molecular formula is C25H40N6O2. The standard InChI is InChI=1S/C16H23N3O.C9H17N3O/c20-16-8-4-5-9-19(16)18-12-10-17(11-13-18)14-15-6-2-1-3-7-15;13-9-3-1-2-6-12(9)11-7-4-10-5-8-11/h1-3,6-7H,4-5,8-14H2;10H,1-8H2. The quantitative estimate of drug-likeness (QED) is 0.742. The number of nitrogens with one attached hydrogen (secondary N) is 1. The van der Waals surface area contributed by atoms with Gasteiger partial charge in [0.25, 0.3) is 0 Å². The number of piperidine rings is 2. The van der Waals surface area contributed by atoms with E-state index in [1.165, 1.54) is 5.56 Å². The molecule has 4 heterocycles. The molecule has 4 saturated heterocycles. The Labute approximate surface area is 198 Å². The zero-order valence-electron chi connectivity index (χ0n) is 20.0. The number of benzene rings is 1. The summed E-state index contributed by atoms with van der Waals surface area (Å²) in [6, 6.07) is 10.6. The van der Waals surface area contributed by atoms with E-state index in [1.807, 2.05) is 10.0 Å². The number of hydrazine groups is 2. The summed E-state index contributed by atoms with van der Waals surface area (Å²) in [5.74, 6) is 0.626. The van der Waals surface area contributed by atoms with Crippen molar-refractivity contribution < 1.29 is 9.59 Å². The van der Waals surface area contributed by atoms with Gasteiger partial charge in [-0.15, -0.1) is 0 Å². The molecule has 1 aromatic rings. The fraction of sp³-hybridized carbons (Fsp3) is 0.680. The average molecular weight is 457 g/mol. The summed E-state index contributed by atoms with van der Waals surface area (Å²) in [4.78, 5) is 26.0. The topological polar surface area (TPSA) is 62.4 Å². The van der Waals surface area contributed by atoms with E-state index < -0.39 is 0 Å². The Balaban J connectivity index is 0.000000172. The van der Waals surface area contributed by atoms with Crippen LogP contribution >= 0.6 is 0 Å². The molecule has 0 aliphatic carbocycles. The monoisotopic (exact) mass is 456 g/mol. The molecule has 0 aromatic heterocycles. The van der Waals surface area contributed by atoms with E-state index >= 15 is 0 Å². The molecule has 0 unspecified atom stereocenters. The first-order valence-corrected chi connectivity index (χ1v) is 12.8. The normalized spacial score (nSPS) is 23.9. The van der Waals surface area contributed by atoms with Crippen LogP contribution in [0.3, 0.4) is 0 Å². The second kappa shape index (κ2) is 12.5. The van der Waals surface area contributed by atoms with Crippen LogP contribution in [-0.4, -0.2) is 102 Å². The molecule has 0 spiro atoms. The first kappa shape index (κ1) is 24.1.